The maximum Gasteiger partial charge on any atom is 0.191 e. The fourth-order valence-corrected chi connectivity index (χ4v) is 3.19. The van der Waals surface area contributed by atoms with Crippen molar-refractivity contribution in [1.29, 1.82) is 0 Å². The molecule has 1 saturated carbocycles. The van der Waals surface area contributed by atoms with Crippen LogP contribution < -0.4 is 16.0 Å². The first-order chi connectivity index (χ1) is 10.4. The van der Waals surface area contributed by atoms with Crippen LogP contribution in [-0.4, -0.2) is 60.7 Å². The largest absolute Gasteiger partial charge is 0.357 e. The molecule has 2 unspecified atom stereocenters. The first-order valence-corrected chi connectivity index (χ1v) is 8.94. The molecule has 0 aromatic heterocycles. The van der Waals surface area contributed by atoms with Gasteiger partial charge in [0.15, 0.2) is 5.96 Å². The lowest BCUT2D eigenvalue weighted by Gasteiger charge is -2.21. The fourth-order valence-electron chi connectivity index (χ4n) is 3.19. The second-order valence-corrected chi connectivity index (χ2v) is 7.79. The lowest BCUT2D eigenvalue weighted by molar-refractivity contribution is 0.256. The average molecular weight is 310 g/mol. The fraction of sp³-hybridized carbons (Fsp3) is 0.941. The van der Waals surface area contributed by atoms with E-state index in [9.17, 15) is 0 Å². The van der Waals surface area contributed by atoms with Gasteiger partial charge in [0.2, 0.25) is 0 Å². The number of hydrogen-bond acceptors (Lipinski definition) is 3. The van der Waals surface area contributed by atoms with Gasteiger partial charge in [-0.2, -0.15) is 0 Å². The molecular formula is C17H35N5. The van der Waals surface area contributed by atoms with Crippen molar-refractivity contribution in [2.45, 2.75) is 77.5 Å². The summed E-state index contributed by atoms with van der Waals surface area (Å²) >= 11 is 0. The SMILES string of the molecule is CCNC(=NCCNC(C)(C)C)NC1CC(C)N(C2CC2)C1. The molecule has 3 N–H and O–H groups in total. The standard InChI is InChI=1S/C17H35N5/c1-6-18-16(19-9-10-20-17(3,4)5)21-14-11-13(2)22(12-14)15-7-8-15/h13-15,20H,6-12H2,1-5H3,(H2,18,19,21). The van der Waals surface area contributed by atoms with Gasteiger partial charge in [0.25, 0.3) is 0 Å². The van der Waals surface area contributed by atoms with Crippen molar-refractivity contribution in [3.63, 3.8) is 0 Å². The molecule has 0 radical (unpaired) electrons. The molecule has 128 valence electrons. The van der Waals surface area contributed by atoms with Gasteiger partial charge in [0.05, 0.1) is 6.54 Å². The third kappa shape index (κ3) is 5.76. The Morgan fingerprint density at radius 1 is 1.27 bits per heavy atom. The number of guanidine groups is 1. The van der Waals surface area contributed by atoms with Crippen LogP contribution in [0.2, 0.25) is 0 Å². The van der Waals surface area contributed by atoms with Gasteiger partial charge in [0.1, 0.15) is 0 Å². The van der Waals surface area contributed by atoms with E-state index in [0.717, 1.165) is 38.2 Å². The first-order valence-electron chi connectivity index (χ1n) is 8.94. The highest BCUT2D eigenvalue weighted by atomic mass is 15.3. The average Bonchev–Trinajstić information content (AvgIpc) is 3.18. The van der Waals surface area contributed by atoms with Crippen LogP contribution in [0.25, 0.3) is 0 Å². The van der Waals surface area contributed by atoms with Crippen molar-refractivity contribution in [2.24, 2.45) is 4.99 Å². The van der Waals surface area contributed by atoms with Crippen molar-refractivity contribution < 1.29 is 0 Å². The minimum Gasteiger partial charge on any atom is -0.357 e. The van der Waals surface area contributed by atoms with Crippen LogP contribution >= 0.6 is 0 Å². The Labute approximate surface area is 136 Å². The van der Waals surface area contributed by atoms with Crippen LogP contribution in [0, 0.1) is 0 Å². The highest BCUT2D eigenvalue weighted by Crippen LogP contribution is 2.33. The molecule has 0 amide bonds. The maximum atomic E-state index is 4.70. The Hall–Kier alpha value is -0.810. The van der Waals surface area contributed by atoms with Gasteiger partial charge in [-0.05, 0) is 53.9 Å². The Balaban J connectivity index is 1.78. The van der Waals surface area contributed by atoms with Gasteiger partial charge in [-0.3, -0.25) is 9.89 Å². The van der Waals surface area contributed by atoms with E-state index < -0.39 is 0 Å². The third-order valence-electron chi connectivity index (χ3n) is 4.36. The predicted molar refractivity (Wildman–Crippen MR) is 94.5 cm³/mol. The molecule has 5 nitrogen and oxygen atoms in total. The molecule has 1 aliphatic heterocycles. The van der Waals surface area contributed by atoms with Gasteiger partial charge < -0.3 is 16.0 Å². The normalized spacial score (nSPS) is 27.2. The van der Waals surface area contributed by atoms with Gasteiger partial charge >= 0.3 is 0 Å². The van der Waals surface area contributed by atoms with Crippen LogP contribution in [0.4, 0.5) is 0 Å². The van der Waals surface area contributed by atoms with E-state index in [2.05, 4.69) is 55.5 Å². The smallest absolute Gasteiger partial charge is 0.191 e. The van der Waals surface area contributed by atoms with Crippen LogP contribution in [0.1, 0.15) is 53.9 Å². The summed E-state index contributed by atoms with van der Waals surface area (Å²) in [7, 11) is 0. The minimum atomic E-state index is 0.160. The lowest BCUT2D eigenvalue weighted by Crippen LogP contribution is -2.45. The summed E-state index contributed by atoms with van der Waals surface area (Å²) in [6.07, 6.45) is 4.01. The maximum absolute atomic E-state index is 4.70. The van der Waals surface area contributed by atoms with Gasteiger partial charge in [-0.1, -0.05) is 0 Å². The van der Waals surface area contributed by atoms with Crippen molar-refractivity contribution in [2.75, 3.05) is 26.2 Å². The van der Waals surface area contributed by atoms with Crippen molar-refractivity contribution >= 4 is 5.96 Å². The molecule has 2 fully saturated rings. The summed E-state index contributed by atoms with van der Waals surface area (Å²) in [6, 6.07) is 2.09. The van der Waals surface area contributed by atoms with Crippen molar-refractivity contribution in [3.8, 4) is 0 Å². The summed E-state index contributed by atoms with van der Waals surface area (Å²) in [5.41, 5.74) is 0.160. The number of nitrogens with zero attached hydrogens (tertiary/aromatic N) is 2. The Bertz CT molecular complexity index is 370. The summed E-state index contributed by atoms with van der Waals surface area (Å²) in [4.78, 5) is 7.37. The van der Waals surface area contributed by atoms with E-state index in [4.69, 9.17) is 4.99 Å². The quantitative estimate of drug-likeness (QED) is 0.396. The molecule has 2 rings (SSSR count). The number of aliphatic imine (C=N–C) groups is 1. The molecule has 5 heteroatoms. The van der Waals surface area contributed by atoms with Gasteiger partial charge in [-0.15, -0.1) is 0 Å². The molecule has 0 aromatic carbocycles. The molecule has 2 aliphatic rings. The number of hydrogen-bond donors (Lipinski definition) is 3. The number of rotatable bonds is 6. The van der Waals surface area contributed by atoms with Crippen molar-refractivity contribution in [1.82, 2.24) is 20.9 Å². The summed E-state index contributed by atoms with van der Waals surface area (Å²) in [5.74, 6) is 0.966. The third-order valence-corrected chi connectivity index (χ3v) is 4.36. The molecule has 22 heavy (non-hydrogen) atoms. The summed E-state index contributed by atoms with van der Waals surface area (Å²) in [6.45, 7) is 14.8. The van der Waals surface area contributed by atoms with E-state index in [0.29, 0.717) is 12.1 Å². The number of nitrogens with one attached hydrogen (secondary N) is 3. The van der Waals surface area contributed by atoms with Crippen LogP contribution in [0.5, 0.6) is 0 Å². The van der Waals surface area contributed by atoms with E-state index >= 15 is 0 Å². The Morgan fingerprint density at radius 3 is 2.59 bits per heavy atom. The summed E-state index contributed by atoms with van der Waals surface area (Å²) in [5, 5.41) is 10.5. The zero-order chi connectivity index (χ0) is 16.2. The highest BCUT2D eigenvalue weighted by molar-refractivity contribution is 5.80. The zero-order valence-corrected chi connectivity index (χ0v) is 15.1. The van der Waals surface area contributed by atoms with Gasteiger partial charge in [-0.25, -0.2) is 0 Å². The molecular weight excluding hydrogens is 274 g/mol. The second kappa shape index (κ2) is 7.64. The van der Waals surface area contributed by atoms with E-state index in [1.807, 2.05) is 0 Å². The highest BCUT2D eigenvalue weighted by Gasteiger charge is 2.38. The molecule has 1 aliphatic carbocycles. The molecule has 2 atom stereocenters. The van der Waals surface area contributed by atoms with Crippen LogP contribution in [0.3, 0.4) is 0 Å². The second-order valence-electron chi connectivity index (χ2n) is 7.79. The van der Waals surface area contributed by atoms with Gasteiger partial charge in [0, 0.05) is 43.3 Å². The van der Waals surface area contributed by atoms with E-state index in [-0.39, 0.29) is 5.54 Å². The monoisotopic (exact) mass is 309 g/mol. The molecule has 1 heterocycles. The molecule has 1 saturated heterocycles. The lowest BCUT2D eigenvalue weighted by atomic mass is 10.1. The molecule has 0 aromatic rings. The Kier molecular flexibility index (Phi) is 6.09. The van der Waals surface area contributed by atoms with Crippen molar-refractivity contribution in [3.05, 3.63) is 0 Å². The van der Waals surface area contributed by atoms with Crippen LogP contribution in [-0.2, 0) is 0 Å². The Morgan fingerprint density at radius 2 is 2.00 bits per heavy atom. The molecule has 0 spiro atoms. The zero-order valence-electron chi connectivity index (χ0n) is 15.1. The summed E-state index contributed by atoms with van der Waals surface area (Å²) < 4.78 is 0. The number of likely N-dealkylation sites (tertiary alicyclic amines) is 1. The van der Waals surface area contributed by atoms with Crippen LogP contribution in [0.15, 0.2) is 4.99 Å². The minimum absolute atomic E-state index is 0.160. The van der Waals surface area contributed by atoms with E-state index in [1.165, 1.54) is 19.3 Å². The van der Waals surface area contributed by atoms with E-state index in [1.54, 1.807) is 0 Å². The topological polar surface area (TPSA) is 51.7 Å². The molecule has 0 bridgehead atoms. The first kappa shape index (κ1) is 17.5. The predicted octanol–water partition coefficient (Wildman–Crippen LogP) is 1.55.